The Morgan fingerprint density at radius 1 is 1.25 bits per heavy atom. The fourth-order valence-corrected chi connectivity index (χ4v) is 2.39. The Morgan fingerprint density at radius 2 is 2.00 bits per heavy atom. The summed E-state index contributed by atoms with van der Waals surface area (Å²) in [5, 5.41) is 9.68. The zero-order valence-corrected chi connectivity index (χ0v) is 13.1. The zero-order valence-electron chi connectivity index (χ0n) is 11.5. The fourth-order valence-electron chi connectivity index (χ4n) is 1.63. The van der Waals surface area contributed by atoms with Crippen LogP contribution in [0.25, 0.3) is 0 Å². The Kier molecular flexibility index (Phi) is 5.26. The predicted octanol–water partition coefficient (Wildman–Crippen LogP) is 4.19. The van der Waals surface area contributed by atoms with Gasteiger partial charge >= 0.3 is 0 Å². The first-order valence-electron chi connectivity index (χ1n) is 6.38. The monoisotopic (exact) mass is 303 g/mol. The summed E-state index contributed by atoms with van der Waals surface area (Å²) in [6, 6.07) is 12.2. The highest BCUT2D eigenvalue weighted by Crippen LogP contribution is 2.16. The first-order chi connectivity index (χ1) is 9.65. The van der Waals surface area contributed by atoms with E-state index in [0.29, 0.717) is 11.0 Å². The highest BCUT2D eigenvalue weighted by Gasteiger charge is 2.00. The van der Waals surface area contributed by atoms with Crippen molar-refractivity contribution in [3.05, 3.63) is 52.2 Å². The molecule has 0 aliphatic carbocycles. The lowest BCUT2D eigenvalue weighted by Crippen LogP contribution is -2.23. The molecule has 104 valence electrons. The third kappa shape index (κ3) is 4.43. The van der Waals surface area contributed by atoms with E-state index in [1.54, 1.807) is 17.6 Å². The second-order valence-electron chi connectivity index (χ2n) is 4.62. The maximum atomic E-state index is 5.18. The molecule has 1 aromatic heterocycles. The molecule has 0 unspecified atom stereocenters. The molecule has 0 amide bonds. The van der Waals surface area contributed by atoms with E-state index in [4.69, 9.17) is 12.2 Å². The SMILES string of the molecule is CC(C)c1ccc(NC(=S)N/N=C\c2cccs2)cc1. The summed E-state index contributed by atoms with van der Waals surface area (Å²) in [6.45, 7) is 4.35. The van der Waals surface area contributed by atoms with E-state index < -0.39 is 0 Å². The van der Waals surface area contributed by atoms with Gasteiger partial charge in [0, 0.05) is 10.6 Å². The van der Waals surface area contributed by atoms with Crippen LogP contribution < -0.4 is 10.7 Å². The smallest absolute Gasteiger partial charge is 0.191 e. The first kappa shape index (κ1) is 14.7. The summed E-state index contributed by atoms with van der Waals surface area (Å²) in [5.41, 5.74) is 5.07. The third-order valence-corrected chi connectivity index (χ3v) is 3.74. The van der Waals surface area contributed by atoms with Crippen molar-refractivity contribution in [2.45, 2.75) is 19.8 Å². The minimum atomic E-state index is 0.482. The average molecular weight is 303 g/mol. The van der Waals surface area contributed by atoms with Gasteiger partial charge in [0.1, 0.15) is 0 Å². The summed E-state index contributed by atoms with van der Waals surface area (Å²) in [6.07, 6.45) is 1.75. The Hall–Kier alpha value is -1.72. The van der Waals surface area contributed by atoms with Crippen LogP contribution in [-0.2, 0) is 0 Å². The molecule has 2 rings (SSSR count). The lowest BCUT2D eigenvalue weighted by atomic mass is 10.0. The topological polar surface area (TPSA) is 36.4 Å². The van der Waals surface area contributed by atoms with Crippen LogP contribution in [0.2, 0.25) is 0 Å². The molecule has 2 N–H and O–H groups in total. The van der Waals surface area contributed by atoms with Crippen molar-refractivity contribution in [1.82, 2.24) is 5.43 Å². The van der Waals surface area contributed by atoms with E-state index in [9.17, 15) is 0 Å². The number of thiophene rings is 1. The van der Waals surface area contributed by atoms with Crippen molar-refractivity contribution in [2.24, 2.45) is 5.10 Å². The largest absolute Gasteiger partial charge is 0.331 e. The van der Waals surface area contributed by atoms with Crippen LogP contribution in [0.15, 0.2) is 46.9 Å². The highest BCUT2D eigenvalue weighted by molar-refractivity contribution is 7.80. The molecular formula is C15H17N3S2. The van der Waals surface area contributed by atoms with Gasteiger partial charge in [-0.1, -0.05) is 32.0 Å². The molecule has 3 nitrogen and oxygen atoms in total. The molecule has 0 spiro atoms. The average Bonchev–Trinajstić information content (AvgIpc) is 2.92. The van der Waals surface area contributed by atoms with Crippen molar-refractivity contribution in [2.75, 3.05) is 5.32 Å². The van der Waals surface area contributed by atoms with Gasteiger partial charge in [0.2, 0.25) is 0 Å². The number of nitrogens with one attached hydrogen (secondary N) is 2. The molecule has 5 heteroatoms. The summed E-state index contributed by atoms with van der Waals surface area (Å²) >= 11 is 6.81. The third-order valence-electron chi connectivity index (χ3n) is 2.74. The van der Waals surface area contributed by atoms with Gasteiger partial charge in [0.25, 0.3) is 0 Å². The Bertz CT molecular complexity index is 572. The van der Waals surface area contributed by atoms with Crippen LogP contribution >= 0.6 is 23.6 Å². The van der Waals surface area contributed by atoms with Crippen molar-refractivity contribution >= 4 is 40.6 Å². The lowest BCUT2D eigenvalue weighted by molar-refractivity contribution is 0.867. The van der Waals surface area contributed by atoms with Gasteiger partial charge in [-0.3, -0.25) is 5.43 Å². The highest BCUT2D eigenvalue weighted by atomic mass is 32.1. The van der Waals surface area contributed by atoms with E-state index in [0.717, 1.165) is 10.6 Å². The van der Waals surface area contributed by atoms with E-state index >= 15 is 0 Å². The number of rotatable bonds is 4. The molecule has 0 radical (unpaired) electrons. The molecule has 0 saturated heterocycles. The van der Waals surface area contributed by atoms with Gasteiger partial charge in [-0.05, 0) is 47.3 Å². The Labute approximate surface area is 128 Å². The van der Waals surface area contributed by atoms with Gasteiger partial charge in [-0.2, -0.15) is 5.10 Å². The van der Waals surface area contributed by atoms with Crippen LogP contribution in [-0.4, -0.2) is 11.3 Å². The molecule has 0 bridgehead atoms. The van der Waals surface area contributed by atoms with Crippen LogP contribution in [0.1, 0.15) is 30.2 Å². The molecule has 0 saturated carbocycles. The molecule has 2 aromatic rings. The maximum Gasteiger partial charge on any atom is 0.191 e. The van der Waals surface area contributed by atoms with Gasteiger partial charge < -0.3 is 5.32 Å². The number of hydrogen-bond acceptors (Lipinski definition) is 3. The minimum Gasteiger partial charge on any atom is -0.331 e. The summed E-state index contributed by atoms with van der Waals surface area (Å²) < 4.78 is 0. The number of hydrogen-bond donors (Lipinski definition) is 2. The van der Waals surface area contributed by atoms with Gasteiger partial charge in [-0.15, -0.1) is 11.3 Å². The zero-order chi connectivity index (χ0) is 14.4. The first-order valence-corrected chi connectivity index (χ1v) is 7.67. The molecule has 0 aliphatic heterocycles. The lowest BCUT2D eigenvalue weighted by Gasteiger charge is -2.09. The number of benzene rings is 1. The van der Waals surface area contributed by atoms with Crippen LogP contribution in [0.3, 0.4) is 0 Å². The number of thiocarbonyl (C=S) groups is 1. The Morgan fingerprint density at radius 3 is 2.60 bits per heavy atom. The van der Waals surface area contributed by atoms with Crippen LogP contribution in [0, 0.1) is 0 Å². The van der Waals surface area contributed by atoms with Crippen molar-refractivity contribution in [3.8, 4) is 0 Å². The molecule has 0 atom stereocenters. The van der Waals surface area contributed by atoms with Crippen LogP contribution in [0.5, 0.6) is 0 Å². The number of hydrazone groups is 1. The molecular weight excluding hydrogens is 286 g/mol. The minimum absolute atomic E-state index is 0.482. The molecule has 20 heavy (non-hydrogen) atoms. The molecule has 1 heterocycles. The summed E-state index contributed by atoms with van der Waals surface area (Å²) in [5.74, 6) is 0.532. The van der Waals surface area contributed by atoms with Crippen LogP contribution in [0.4, 0.5) is 5.69 Å². The number of anilines is 1. The quantitative estimate of drug-likeness (QED) is 0.505. The predicted molar refractivity (Wildman–Crippen MR) is 91.8 cm³/mol. The molecule has 1 aromatic carbocycles. The van der Waals surface area contributed by atoms with Gasteiger partial charge in [-0.25, -0.2) is 0 Å². The Balaban J connectivity index is 1.85. The van der Waals surface area contributed by atoms with E-state index in [1.165, 1.54) is 5.56 Å². The van der Waals surface area contributed by atoms with Crippen molar-refractivity contribution < 1.29 is 0 Å². The van der Waals surface area contributed by atoms with E-state index in [1.807, 2.05) is 29.6 Å². The van der Waals surface area contributed by atoms with Crippen molar-refractivity contribution in [3.63, 3.8) is 0 Å². The molecule has 0 fully saturated rings. The summed E-state index contributed by atoms with van der Waals surface area (Å²) in [7, 11) is 0. The second-order valence-corrected chi connectivity index (χ2v) is 6.00. The molecule has 0 aliphatic rings. The number of nitrogens with zero attached hydrogens (tertiary/aromatic N) is 1. The van der Waals surface area contributed by atoms with E-state index in [-0.39, 0.29) is 0 Å². The normalized spacial score (nSPS) is 10.9. The van der Waals surface area contributed by atoms with Gasteiger partial charge in [0.15, 0.2) is 5.11 Å². The van der Waals surface area contributed by atoms with E-state index in [2.05, 4.69) is 41.8 Å². The second kappa shape index (κ2) is 7.17. The summed E-state index contributed by atoms with van der Waals surface area (Å²) in [4.78, 5) is 1.08. The van der Waals surface area contributed by atoms with Gasteiger partial charge in [0.05, 0.1) is 6.21 Å². The maximum absolute atomic E-state index is 5.18. The fraction of sp³-hybridized carbons (Fsp3) is 0.200. The van der Waals surface area contributed by atoms with Crippen molar-refractivity contribution in [1.29, 1.82) is 0 Å². The standard InChI is InChI=1S/C15H17N3S2/c1-11(2)12-5-7-13(8-6-12)17-15(19)18-16-10-14-4-3-9-20-14/h3-11H,1-2H3,(H2,17,18,19)/b16-10-.